The van der Waals surface area contributed by atoms with Crippen LogP contribution in [0.25, 0.3) is 0 Å². The van der Waals surface area contributed by atoms with Gasteiger partial charge in [0.1, 0.15) is 11.6 Å². The molecule has 2 rings (SSSR count). The van der Waals surface area contributed by atoms with E-state index in [0.29, 0.717) is 13.0 Å². The fourth-order valence-corrected chi connectivity index (χ4v) is 2.21. The molecule has 0 bridgehead atoms. The van der Waals surface area contributed by atoms with Crippen molar-refractivity contribution in [2.45, 2.75) is 31.0 Å². The molecule has 1 amide bonds. The third-order valence-electron chi connectivity index (χ3n) is 3.70. The lowest BCUT2D eigenvalue weighted by atomic mass is 9.94. The van der Waals surface area contributed by atoms with Crippen molar-refractivity contribution in [2.24, 2.45) is 5.73 Å². The first-order chi connectivity index (χ1) is 10.5. The number of hydrogen-bond acceptors (Lipinski definition) is 5. The predicted molar refractivity (Wildman–Crippen MR) is 81.3 cm³/mol. The van der Waals surface area contributed by atoms with Crippen molar-refractivity contribution in [1.29, 1.82) is 0 Å². The zero-order chi connectivity index (χ0) is 16.2. The Balaban J connectivity index is 2.08. The van der Waals surface area contributed by atoms with Gasteiger partial charge in [-0.3, -0.25) is 9.59 Å². The number of hydrogen-bond donors (Lipinski definition) is 2. The van der Waals surface area contributed by atoms with E-state index >= 15 is 0 Å². The molecule has 120 valence electrons. The van der Waals surface area contributed by atoms with E-state index in [1.807, 2.05) is 30.3 Å². The maximum absolute atomic E-state index is 12.5. The zero-order valence-electron chi connectivity index (χ0n) is 12.9. The quantitative estimate of drug-likeness (QED) is 0.662. The third kappa shape index (κ3) is 4.13. The summed E-state index contributed by atoms with van der Waals surface area (Å²) >= 11 is 0. The molecule has 1 aliphatic heterocycles. The number of amides is 1. The van der Waals surface area contributed by atoms with Crippen LogP contribution in [0.1, 0.15) is 12.5 Å². The lowest BCUT2D eigenvalue weighted by Crippen LogP contribution is -2.53. The van der Waals surface area contributed by atoms with Crippen molar-refractivity contribution in [2.75, 3.05) is 20.3 Å². The molecule has 1 aromatic rings. The summed E-state index contributed by atoms with van der Waals surface area (Å²) in [6.45, 7) is 2.22. The van der Waals surface area contributed by atoms with Gasteiger partial charge >= 0.3 is 0 Å². The Bertz CT molecular complexity index is 528. The van der Waals surface area contributed by atoms with E-state index in [0.717, 1.165) is 5.56 Å². The maximum atomic E-state index is 12.5. The monoisotopic (exact) mass is 306 g/mol. The van der Waals surface area contributed by atoms with Crippen LogP contribution in [0, 0.1) is 0 Å². The number of nitrogens with two attached hydrogens (primary N) is 1. The van der Waals surface area contributed by atoms with Gasteiger partial charge in [0.05, 0.1) is 19.3 Å². The molecule has 1 saturated heterocycles. The SMILES string of the molecule is COC[C@H](N)C(=O)N[C@@H](Cc1ccccc1)C(=O)[C@@]1(C)CO1. The highest BCUT2D eigenvalue weighted by atomic mass is 16.6. The molecule has 22 heavy (non-hydrogen) atoms. The lowest BCUT2D eigenvalue weighted by molar-refractivity contribution is -0.131. The molecule has 0 spiro atoms. The summed E-state index contributed by atoms with van der Waals surface area (Å²) < 4.78 is 10.1. The molecule has 1 aromatic carbocycles. The fraction of sp³-hybridized carbons (Fsp3) is 0.500. The Hall–Kier alpha value is -1.76. The van der Waals surface area contributed by atoms with Crippen LogP contribution in [0.2, 0.25) is 0 Å². The molecule has 1 aliphatic rings. The number of carbonyl (C=O) groups is 2. The van der Waals surface area contributed by atoms with Crippen molar-refractivity contribution in [1.82, 2.24) is 5.32 Å². The molecule has 6 nitrogen and oxygen atoms in total. The van der Waals surface area contributed by atoms with E-state index in [2.05, 4.69) is 5.32 Å². The number of rotatable bonds is 8. The van der Waals surface area contributed by atoms with Gasteiger partial charge < -0.3 is 20.5 Å². The highest BCUT2D eigenvalue weighted by molar-refractivity contribution is 5.97. The van der Waals surface area contributed by atoms with Crippen molar-refractivity contribution in [3.8, 4) is 0 Å². The van der Waals surface area contributed by atoms with Crippen molar-refractivity contribution in [3.63, 3.8) is 0 Å². The lowest BCUT2D eigenvalue weighted by Gasteiger charge is -2.21. The molecule has 1 fully saturated rings. The number of ketones is 1. The highest BCUT2D eigenvalue weighted by Gasteiger charge is 2.50. The molecule has 3 N–H and O–H groups in total. The predicted octanol–water partition coefficient (Wildman–Crippen LogP) is 0.0456. The van der Waals surface area contributed by atoms with Crippen LogP contribution >= 0.6 is 0 Å². The molecule has 0 radical (unpaired) electrons. The van der Waals surface area contributed by atoms with Gasteiger partial charge in [-0.05, 0) is 18.9 Å². The molecular formula is C16H22N2O4. The van der Waals surface area contributed by atoms with Gasteiger partial charge in [0.2, 0.25) is 5.91 Å². The molecule has 0 unspecified atom stereocenters. The van der Waals surface area contributed by atoms with E-state index in [1.54, 1.807) is 6.92 Å². The molecule has 0 saturated carbocycles. The minimum absolute atomic E-state index is 0.103. The van der Waals surface area contributed by atoms with Gasteiger partial charge in [-0.2, -0.15) is 0 Å². The number of methoxy groups -OCH3 is 1. The molecule has 0 aromatic heterocycles. The van der Waals surface area contributed by atoms with E-state index < -0.39 is 23.6 Å². The van der Waals surface area contributed by atoms with Crippen molar-refractivity contribution >= 4 is 11.7 Å². The van der Waals surface area contributed by atoms with E-state index in [1.165, 1.54) is 7.11 Å². The Morgan fingerprint density at radius 1 is 1.41 bits per heavy atom. The van der Waals surface area contributed by atoms with Crippen molar-refractivity contribution in [3.05, 3.63) is 35.9 Å². The summed E-state index contributed by atoms with van der Waals surface area (Å²) in [7, 11) is 1.47. The van der Waals surface area contributed by atoms with E-state index in [9.17, 15) is 9.59 Å². The molecule has 1 heterocycles. The number of Topliss-reactive ketones (excluding diaryl/α,β-unsaturated/α-hetero) is 1. The minimum atomic E-state index is -0.802. The number of epoxide rings is 1. The standard InChI is InChI=1S/C16H22N2O4/c1-16(10-22-16)14(19)13(8-11-6-4-3-5-7-11)18-15(20)12(17)9-21-2/h3-7,12-13H,8-10,17H2,1-2H3,(H,18,20)/t12-,13-,16+/m0/s1. The first kappa shape index (κ1) is 16.6. The van der Waals surface area contributed by atoms with Crippen LogP contribution in [0.15, 0.2) is 30.3 Å². The van der Waals surface area contributed by atoms with Crippen molar-refractivity contribution < 1.29 is 19.1 Å². The van der Waals surface area contributed by atoms with Gasteiger partial charge in [0.25, 0.3) is 0 Å². The summed E-state index contributed by atoms with van der Waals surface area (Å²) in [6, 6.07) is 8.05. The Labute approximate surface area is 130 Å². The average molecular weight is 306 g/mol. The first-order valence-corrected chi connectivity index (χ1v) is 7.23. The average Bonchev–Trinajstić information content (AvgIpc) is 3.26. The number of benzene rings is 1. The van der Waals surface area contributed by atoms with Gasteiger partial charge in [0, 0.05) is 7.11 Å². The Morgan fingerprint density at radius 3 is 2.59 bits per heavy atom. The minimum Gasteiger partial charge on any atom is -0.383 e. The van der Waals surface area contributed by atoms with Crippen LogP contribution in [0.5, 0.6) is 0 Å². The second-order valence-corrected chi connectivity index (χ2v) is 5.70. The second-order valence-electron chi connectivity index (χ2n) is 5.70. The van der Waals surface area contributed by atoms with Gasteiger partial charge in [-0.1, -0.05) is 30.3 Å². The summed E-state index contributed by atoms with van der Waals surface area (Å²) in [6.07, 6.45) is 0.407. The maximum Gasteiger partial charge on any atom is 0.239 e. The molecular weight excluding hydrogens is 284 g/mol. The molecule has 0 aliphatic carbocycles. The van der Waals surface area contributed by atoms with E-state index in [-0.39, 0.29) is 12.4 Å². The van der Waals surface area contributed by atoms with Crippen LogP contribution in [0.3, 0.4) is 0 Å². The fourth-order valence-electron chi connectivity index (χ4n) is 2.21. The Kier molecular flexibility index (Phi) is 5.28. The topological polar surface area (TPSA) is 93.9 Å². The smallest absolute Gasteiger partial charge is 0.239 e. The van der Waals surface area contributed by atoms with Crippen LogP contribution in [-0.2, 0) is 25.5 Å². The van der Waals surface area contributed by atoms with Crippen LogP contribution in [-0.4, -0.2) is 49.7 Å². The third-order valence-corrected chi connectivity index (χ3v) is 3.70. The summed E-state index contributed by atoms with van der Waals surface area (Å²) in [4.78, 5) is 24.6. The van der Waals surface area contributed by atoms with Gasteiger partial charge in [-0.15, -0.1) is 0 Å². The van der Waals surface area contributed by atoms with Gasteiger partial charge in [-0.25, -0.2) is 0 Å². The highest BCUT2D eigenvalue weighted by Crippen LogP contribution is 2.29. The normalized spacial score (nSPS) is 22.7. The second kappa shape index (κ2) is 7.00. The number of nitrogens with one attached hydrogen (secondary N) is 1. The number of ether oxygens (including phenoxy) is 2. The summed E-state index contributed by atoms with van der Waals surface area (Å²) in [5, 5.41) is 2.72. The van der Waals surface area contributed by atoms with Crippen LogP contribution in [0.4, 0.5) is 0 Å². The van der Waals surface area contributed by atoms with Gasteiger partial charge in [0.15, 0.2) is 5.78 Å². The zero-order valence-corrected chi connectivity index (χ0v) is 12.9. The molecule has 3 atom stereocenters. The largest absolute Gasteiger partial charge is 0.383 e. The summed E-state index contributed by atoms with van der Waals surface area (Å²) in [5.41, 5.74) is 5.88. The van der Waals surface area contributed by atoms with Crippen LogP contribution < -0.4 is 11.1 Å². The number of carbonyl (C=O) groups excluding carboxylic acids is 2. The Morgan fingerprint density at radius 2 is 2.05 bits per heavy atom. The van der Waals surface area contributed by atoms with E-state index in [4.69, 9.17) is 15.2 Å². The molecule has 6 heteroatoms. The summed E-state index contributed by atoms with van der Waals surface area (Å²) in [5.74, 6) is -0.533. The first-order valence-electron chi connectivity index (χ1n) is 7.23.